The highest BCUT2D eigenvalue weighted by molar-refractivity contribution is 5.99. The Morgan fingerprint density at radius 1 is 1.25 bits per heavy atom. The van der Waals surface area contributed by atoms with Crippen LogP contribution in [-0.2, 0) is 9.47 Å². The minimum Gasteiger partial charge on any atom is -0.379 e. The van der Waals surface area contributed by atoms with E-state index in [-0.39, 0.29) is 12.2 Å². The predicted molar refractivity (Wildman–Crippen MR) is 71.8 cm³/mol. The third-order valence-electron chi connectivity index (χ3n) is 2.80. The van der Waals surface area contributed by atoms with E-state index in [9.17, 15) is 13.6 Å². The Hall–Kier alpha value is -1.33. The zero-order chi connectivity index (χ0) is 15.0. The van der Waals surface area contributed by atoms with Crippen molar-refractivity contribution in [3.05, 3.63) is 35.4 Å². The second-order valence-corrected chi connectivity index (χ2v) is 4.47. The Morgan fingerprint density at radius 3 is 2.65 bits per heavy atom. The van der Waals surface area contributed by atoms with E-state index in [1.165, 1.54) is 6.92 Å². The van der Waals surface area contributed by atoms with Crippen molar-refractivity contribution in [2.45, 2.75) is 32.8 Å². The monoisotopic (exact) mass is 286 g/mol. The fourth-order valence-corrected chi connectivity index (χ4v) is 1.62. The van der Waals surface area contributed by atoms with E-state index in [1.807, 2.05) is 0 Å². The van der Waals surface area contributed by atoms with Crippen molar-refractivity contribution in [3.63, 3.8) is 0 Å². The van der Waals surface area contributed by atoms with Gasteiger partial charge in [0.15, 0.2) is 5.78 Å². The summed E-state index contributed by atoms with van der Waals surface area (Å²) in [7, 11) is 0. The van der Waals surface area contributed by atoms with E-state index < -0.39 is 23.5 Å². The molecule has 3 nitrogen and oxygen atoms in total. The highest BCUT2D eigenvalue weighted by Gasteiger charge is 2.19. The molecule has 0 aromatic heterocycles. The first-order chi connectivity index (χ1) is 9.56. The van der Waals surface area contributed by atoms with Gasteiger partial charge in [0.1, 0.15) is 17.7 Å². The summed E-state index contributed by atoms with van der Waals surface area (Å²) in [5, 5.41) is 0. The van der Waals surface area contributed by atoms with E-state index >= 15 is 0 Å². The number of carbonyl (C=O) groups is 1. The molecule has 1 aromatic rings. The summed E-state index contributed by atoms with van der Waals surface area (Å²) in [4.78, 5) is 11.9. The number of carbonyl (C=O) groups excluding carboxylic acids is 1. The van der Waals surface area contributed by atoms with E-state index in [4.69, 9.17) is 9.47 Å². The van der Waals surface area contributed by atoms with Crippen molar-refractivity contribution in [3.8, 4) is 0 Å². The molecule has 0 aliphatic heterocycles. The highest BCUT2D eigenvalue weighted by Crippen LogP contribution is 2.13. The van der Waals surface area contributed by atoms with Crippen LogP contribution in [0.3, 0.4) is 0 Å². The van der Waals surface area contributed by atoms with Gasteiger partial charge >= 0.3 is 0 Å². The second kappa shape index (κ2) is 8.76. The topological polar surface area (TPSA) is 35.5 Å². The first-order valence-electron chi connectivity index (χ1n) is 6.74. The van der Waals surface area contributed by atoms with E-state index in [2.05, 4.69) is 6.92 Å². The van der Waals surface area contributed by atoms with Crippen LogP contribution >= 0.6 is 0 Å². The molecular weight excluding hydrogens is 266 g/mol. The molecule has 0 amide bonds. The third kappa shape index (κ3) is 5.35. The zero-order valence-electron chi connectivity index (χ0n) is 11.8. The molecule has 0 radical (unpaired) electrons. The van der Waals surface area contributed by atoms with Gasteiger partial charge < -0.3 is 9.47 Å². The van der Waals surface area contributed by atoms with Crippen LogP contribution in [-0.4, -0.2) is 31.7 Å². The number of halogens is 2. The highest BCUT2D eigenvalue weighted by atomic mass is 19.1. The van der Waals surface area contributed by atoms with Gasteiger partial charge in [-0.2, -0.15) is 0 Å². The molecule has 0 fully saturated rings. The molecule has 0 aliphatic carbocycles. The van der Waals surface area contributed by atoms with Gasteiger partial charge in [-0.1, -0.05) is 13.3 Å². The summed E-state index contributed by atoms with van der Waals surface area (Å²) in [5.74, 6) is -2.09. The van der Waals surface area contributed by atoms with Gasteiger partial charge in [0, 0.05) is 12.7 Å². The molecule has 1 atom stereocenters. The minimum absolute atomic E-state index is 0.161. The number of Topliss-reactive ketones (excluding diaryl/α,β-unsaturated/α-hetero) is 1. The molecule has 0 aliphatic rings. The molecule has 0 saturated heterocycles. The van der Waals surface area contributed by atoms with Crippen molar-refractivity contribution >= 4 is 5.78 Å². The summed E-state index contributed by atoms with van der Waals surface area (Å²) in [5.41, 5.74) is -0.161. The van der Waals surface area contributed by atoms with Crippen LogP contribution in [0, 0.1) is 11.6 Å². The van der Waals surface area contributed by atoms with Crippen LogP contribution in [0.5, 0.6) is 0 Å². The van der Waals surface area contributed by atoms with Crippen LogP contribution in [0.15, 0.2) is 18.2 Å². The largest absolute Gasteiger partial charge is 0.379 e. The molecule has 1 rings (SSSR count). The third-order valence-corrected chi connectivity index (χ3v) is 2.80. The Kier molecular flexibility index (Phi) is 7.33. The molecule has 0 spiro atoms. The zero-order valence-corrected chi connectivity index (χ0v) is 11.8. The van der Waals surface area contributed by atoms with Gasteiger partial charge in [-0.25, -0.2) is 8.78 Å². The van der Waals surface area contributed by atoms with Gasteiger partial charge in [-0.05, 0) is 25.5 Å². The summed E-state index contributed by atoms with van der Waals surface area (Å²) in [6, 6.07) is 2.87. The molecule has 0 saturated carbocycles. The Labute approximate surface area is 117 Å². The second-order valence-electron chi connectivity index (χ2n) is 4.47. The molecule has 5 heteroatoms. The minimum atomic E-state index is -0.871. The van der Waals surface area contributed by atoms with Gasteiger partial charge in [-0.3, -0.25) is 4.79 Å². The normalized spacial score (nSPS) is 12.4. The van der Waals surface area contributed by atoms with E-state index in [0.29, 0.717) is 19.3 Å². The van der Waals surface area contributed by atoms with Crippen molar-refractivity contribution in [1.29, 1.82) is 0 Å². The fourth-order valence-electron chi connectivity index (χ4n) is 1.62. The van der Waals surface area contributed by atoms with Crippen LogP contribution in [0.25, 0.3) is 0 Å². The molecule has 112 valence electrons. The van der Waals surface area contributed by atoms with Crippen molar-refractivity contribution < 1.29 is 23.0 Å². The lowest BCUT2D eigenvalue weighted by Gasteiger charge is -2.12. The number of ketones is 1. The molecule has 0 heterocycles. The van der Waals surface area contributed by atoms with E-state index in [0.717, 1.165) is 25.0 Å². The molecule has 1 aromatic carbocycles. The summed E-state index contributed by atoms with van der Waals surface area (Å²) in [6.45, 7) is 4.92. The first-order valence-corrected chi connectivity index (χ1v) is 6.74. The van der Waals surface area contributed by atoms with Crippen LogP contribution in [0.4, 0.5) is 8.78 Å². The summed E-state index contributed by atoms with van der Waals surface area (Å²) < 4.78 is 36.8. The maximum atomic E-state index is 13.4. The van der Waals surface area contributed by atoms with Crippen LogP contribution in [0.1, 0.15) is 37.0 Å². The Balaban J connectivity index is 2.39. The Bertz CT molecular complexity index is 435. The molecular formula is C15H20F2O3. The number of hydrogen-bond acceptors (Lipinski definition) is 3. The quantitative estimate of drug-likeness (QED) is 0.516. The maximum Gasteiger partial charge on any atom is 0.194 e. The van der Waals surface area contributed by atoms with E-state index in [1.54, 1.807) is 0 Å². The number of hydrogen-bond donors (Lipinski definition) is 0. The number of benzene rings is 1. The van der Waals surface area contributed by atoms with Gasteiger partial charge in [0.2, 0.25) is 0 Å². The van der Waals surface area contributed by atoms with Gasteiger partial charge in [0.25, 0.3) is 0 Å². The summed E-state index contributed by atoms with van der Waals surface area (Å²) in [6.07, 6.45) is 1.25. The first kappa shape index (κ1) is 16.7. The maximum absolute atomic E-state index is 13.4. The molecule has 0 bridgehead atoms. The number of unbranched alkanes of at least 4 members (excludes halogenated alkanes) is 1. The SMILES string of the molecule is CCCCOCCOC(C)C(=O)c1ccc(F)cc1F. The van der Waals surface area contributed by atoms with Crippen LogP contribution in [0.2, 0.25) is 0 Å². The average molecular weight is 286 g/mol. The summed E-state index contributed by atoms with van der Waals surface area (Å²) >= 11 is 0. The molecule has 0 N–H and O–H groups in total. The number of rotatable bonds is 9. The molecule has 1 unspecified atom stereocenters. The van der Waals surface area contributed by atoms with Crippen molar-refractivity contribution in [2.75, 3.05) is 19.8 Å². The van der Waals surface area contributed by atoms with Crippen LogP contribution < -0.4 is 0 Å². The van der Waals surface area contributed by atoms with Gasteiger partial charge in [0.05, 0.1) is 18.8 Å². The number of ether oxygens (including phenoxy) is 2. The van der Waals surface area contributed by atoms with Crippen molar-refractivity contribution in [1.82, 2.24) is 0 Å². The lowest BCUT2D eigenvalue weighted by atomic mass is 10.1. The van der Waals surface area contributed by atoms with Gasteiger partial charge in [-0.15, -0.1) is 0 Å². The standard InChI is InChI=1S/C15H20F2O3/c1-3-4-7-19-8-9-20-11(2)15(18)13-6-5-12(16)10-14(13)17/h5-6,10-11H,3-4,7-9H2,1-2H3. The Morgan fingerprint density at radius 2 is 2.00 bits per heavy atom. The average Bonchev–Trinajstić information content (AvgIpc) is 2.41. The fraction of sp³-hybridized carbons (Fsp3) is 0.533. The van der Waals surface area contributed by atoms with Crippen molar-refractivity contribution in [2.24, 2.45) is 0 Å². The molecule has 20 heavy (non-hydrogen) atoms. The smallest absolute Gasteiger partial charge is 0.194 e. The lowest BCUT2D eigenvalue weighted by Crippen LogP contribution is -2.24. The lowest BCUT2D eigenvalue weighted by molar-refractivity contribution is 0.0142. The predicted octanol–water partition coefficient (Wildman–Crippen LogP) is 3.37.